The molecule has 2 N–H and O–H groups in total. The third kappa shape index (κ3) is 3.99. The minimum absolute atomic E-state index is 0.309. The molecule has 0 saturated carbocycles. The van der Waals surface area contributed by atoms with Crippen molar-refractivity contribution in [3.05, 3.63) is 64.7 Å². The number of aliphatic hydroxyl groups is 1. The number of nitrogens with zero attached hydrogens (tertiary/aromatic N) is 1. The first-order valence-electron chi connectivity index (χ1n) is 5.89. The molecule has 0 fully saturated rings. The van der Waals surface area contributed by atoms with Gasteiger partial charge in [-0.25, -0.2) is 4.39 Å². The van der Waals surface area contributed by atoms with Crippen LogP contribution in [-0.4, -0.2) is 16.6 Å². The summed E-state index contributed by atoms with van der Waals surface area (Å²) in [6.07, 6.45) is 2.58. The fourth-order valence-corrected chi connectivity index (χ4v) is 1.91. The van der Waals surface area contributed by atoms with E-state index in [2.05, 4.69) is 10.3 Å². The first kappa shape index (κ1) is 13.9. The summed E-state index contributed by atoms with van der Waals surface area (Å²) in [4.78, 5) is 3.93. The molecule has 0 aliphatic rings. The summed E-state index contributed by atoms with van der Waals surface area (Å²) >= 11 is 5.80. The first-order chi connectivity index (χ1) is 9.16. The maximum Gasteiger partial charge on any atom is 0.127 e. The summed E-state index contributed by atoms with van der Waals surface area (Å²) in [5.74, 6) is -0.312. The second-order valence-corrected chi connectivity index (χ2v) is 4.61. The van der Waals surface area contributed by atoms with E-state index in [1.54, 1.807) is 30.6 Å². The van der Waals surface area contributed by atoms with Crippen molar-refractivity contribution >= 4 is 11.6 Å². The van der Waals surface area contributed by atoms with E-state index in [-0.39, 0.29) is 5.82 Å². The number of hydrogen-bond acceptors (Lipinski definition) is 3. The van der Waals surface area contributed by atoms with Crippen LogP contribution >= 0.6 is 11.6 Å². The molecule has 0 aliphatic carbocycles. The zero-order valence-corrected chi connectivity index (χ0v) is 10.9. The Morgan fingerprint density at radius 2 is 2.21 bits per heavy atom. The number of aromatic nitrogens is 1. The Labute approximate surface area is 116 Å². The van der Waals surface area contributed by atoms with E-state index in [0.29, 0.717) is 23.7 Å². The van der Waals surface area contributed by atoms with Crippen LogP contribution in [0, 0.1) is 5.82 Å². The van der Waals surface area contributed by atoms with Gasteiger partial charge in [0.1, 0.15) is 5.82 Å². The zero-order valence-electron chi connectivity index (χ0n) is 10.2. The molecule has 0 bridgehead atoms. The van der Waals surface area contributed by atoms with Gasteiger partial charge >= 0.3 is 0 Å². The van der Waals surface area contributed by atoms with Gasteiger partial charge in [-0.1, -0.05) is 17.7 Å². The summed E-state index contributed by atoms with van der Waals surface area (Å²) < 4.78 is 13.4. The number of hydrogen-bond donors (Lipinski definition) is 2. The molecule has 0 saturated heterocycles. The van der Waals surface area contributed by atoms with Crippen LogP contribution in [0.3, 0.4) is 0 Å². The molecule has 0 radical (unpaired) electrons. The smallest absolute Gasteiger partial charge is 0.127 e. The van der Waals surface area contributed by atoms with E-state index < -0.39 is 6.10 Å². The highest BCUT2D eigenvalue weighted by atomic mass is 35.5. The average Bonchev–Trinajstić information content (AvgIpc) is 2.43. The highest BCUT2D eigenvalue weighted by Crippen LogP contribution is 2.15. The van der Waals surface area contributed by atoms with E-state index >= 15 is 0 Å². The molecular formula is C14H14ClFN2O. The summed E-state index contributed by atoms with van der Waals surface area (Å²) in [5, 5.41) is 13.4. The number of rotatable bonds is 5. The van der Waals surface area contributed by atoms with Gasteiger partial charge in [-0.2, -0.15) is 0 Å². The summed E-state index contributed by atoms with van der Waals surface area (Å²) in [6, 6.07) is 7.95. The Morgan fingerprint density at radius 3 is 2.95 bits per heavy atom. The van der Waals surface area contributed by atoms with Gasteiger partial charge < -0.3 is 10.4 Å². The minimum atomic E-state index is -0.670. The molecule has 5 heteroatoms. The normalized spacial score (nSPS) is 12.4. The predicted octanol–water partition coefficient (Wildman–Crippen LogP) is 2.70. The SMILES string of the molecule is O[C@@H](CNCc1cc(Cl)ccc1F)c1cccnc1. The quantitative estimate of drug-likeness (QED) is 0.885. The van der Waals surface area contributed by atoms with Gasteiger partial charge in [0.15, 0.2) is 0 Å². The lowest BCUT2D eigenvalue weighted by Crippen LogP contribution is -2.21. The van der Waals surface area contributed by atoms with Crippen LogP contribution in [0.4, 0.5) is 4.39 Å². The predicted molar refractivity (Wildman–Crippen MR) is 72.3 cm³/mol. The van der Waals surface area contributed by atoms with Gasteiger partial charge in [-0.15, -0.1) is 0 Å². The average molecular weight is 281 g/mol. The molecule has 19 heavy (non-hydrogen) atoms. The Hall–Kier alpha value is -1.49. The van der Waals surface area contributed by atoms with E-state index in [1.807, 2.05) is 0 Å². The fourth-order valence-electron chi connectivity index (χ4n) is 1.71. The summed E-state index contributed by atoms with van der Waals surface area (Å²) in [6.45, 7) is 0.626. The number of halogens is 2. The maximum atomic E-state index is 13.4. The Kier molecular flexibility index (Phi) is 4.85. The molecule has 1 aromatic heterocycles. The number of pyridine rings is 1. The van der Waals surface area contributed by atoms with Gasteiger partial charge in [0.25, 0.3) is 0 Å². The van der Waals surface area contributed by atoms with Crippen LogP contribution in [0.1, 0.15) is 17.2 Å². The molecule has 1 heterocycles. The number of benzene rings is 1. The second-order valence-electron chi connectivity index (χ2n) is 4.17. The Morgan fingerprint density at radius 1 is 1.37 bits per heavy atom. The fraction of sp³-hybridized carbons (Fsp3) is 0.214. The molecule has 0 aliphatic heterocycles. The largest absolute Gasteiger partial charge is 0.387 e. The lowest BCUT2D eigenvalue weighted by Gasteiger charge is -2.12. The van der Waals surface area contributed by atoms with E-state index in [4.69, 9.17) is 11.6 Å². The van der Waals surface area contributed by atoms with Gasteiger partial charge in [-0.05, 0) is 24.3 Å². The van der Waals surface area contributed by atoms with Gasteiger partial charge in [0.2, 0.25) is 0 Å². The molecule has 2 aromatic rings. The van der Waals surface area contributed by atoms with Crippen LogP contribution in [0.15, 0.2) is 42.7 Å². The van der Waals surface area contributed by atoms with Crippen molar-refractivity contribution < 1.29 is 9.50 Å². The van der Waals surface area contributed by atoms with Crippen molar-refractivity contribution in [3.8, 4) is 0 Å². The van der Waals surface area contributed by atoms with Gasteiger partial charge in [0, 0.05) is 41.6 Å². The number of nitrogens with one attached hydrogen (secondary N) is 1. The third-order valence-corrected chi connectivity index (χ3v) is 2.97. The van der Waals surface area contributed by atoms with Crippen LogP contribution < -0.4 is 5.32 Å². The van der Waals surface area contributed by atoms with Crippen LogP contribution in [0.2, 0.25) is 5.02 Å². The zero-order chi connectivity index (χ0) is 13.7. The van der Waals surface area contributed by atoms with E-state index in [9.17, 15) is 9.50 Å². The standard InChI is InChI=1S/C14H14ClFN2O/c15-12-3-4-13(16)11(6-12)8-18-9-14(19)10-2-1-5-17-7-10/h1-7,14,18-19H,8-9H2/t14-/m0/s1. The Bertz CT molecular complexity index is 536. The third-order valence-electron chi connectivity index (χ3n) is 2.73. The highest BCUT2D eigenvalue weighted by Gasteiger charge is 2.08. The maximum absolute atomic E-state index is 13.4. The Balaban J connectivity index is 1.88. The van der Waals surface area contributed by atoms with Crippen molar-refractivity contribution in [2.45, 2.75) is 12.6 Å². The minimum Gasteiger partial charge on any atom is -0.387 e. The molecule has 0 amide bonds. The molecule has 2 rings (SSSR count). The second kappa shape index (κ2) is 6.61. The van der Waals surface area contributed by atoms with Crippen molar-refractivity contribution in [2.24, 2.45) is 0 Å². The van der Waals surface area contributed by atoms with Crippen molar-refractivity contribution in [2.75, 3.05) is 6.54 Å². The number of aliphatic hydroxyl groups excluding tert-OH is 1. The van der Waals surface area contributed by atoms with Gasteiger partial charge in [0.05, 0.1) is 6.10 Å². The van der Waals surface area contributed by atoms with Gasteiger partial charge in [-0.3, -0.25) is 4.98 Å². The molecule has 0 spiro atoms. The van der Waals surface area contributed by atoms with Crippen molar-refractivity contribution in [3.63, 3.8) is 0 Å². The topological polar surface area (TPSA) is 45.1 Å². The van der Waals surface area contributed by atoms with Crippen LogP contribution in [0.5, 0.6) is 0 Å². The van der Waals surface area contributed by atoms with E-state index in [1.165, 1.54) is 12.1 Å². The lowest BCUT2D eigenvalue weighted by molar-refractivity contribution is 0.174. The molecule has 3 nitrogen and oxygen atoms in total. The first-order valence-corrected chi connectivity index (χ1v) is 6.27. The van der Waals surface area contributed by atoms with Crippen molar-refractivity contribution in [1.82, 2.24) is 10.3 Å². The summed E-state index contributed by atoms with van der Waals surface area (Å²) in [7, 11) is 0. The van der Waals surface area contributed by atoms with E-state index in [0.717, 1.165) is 5.56 Å². The molecule has 0 unspecified atom stereocenters. The summed E-state index contributed by atoms with van der Waals surface area (Å²) in [5.41, 5.74) is 1.20. The van der Waals surface area contributed by atoms with Crippen LogP contribution in [-0.2, 0) is 6.54 Å². The van der Waals surface area contributed by atoms with Crippen molar-refractivity contribution in [1.29, 1.82) is 0 Å². The van der Waals surface area contributed by atoms with Crippen LogP contribution in [0.25, 0.3) is 0 Å². The molecular weight excluding hydrogens is 267 g/mol. The molecule has 1 aromatic carbocycles. The monoisotopic (exact) mass is 280 g/mol. The highest BCUT2D eigenvalue weighted by molar-refractivity contribution is 6.30. The molecule has 1 atom stereocenters. The lowest BCUT2D eigenvalue weighted by atomic mass is 10.1. The molecule has 100 valence electrons.